The van der Waals surface area contributed by atoms with Gasteiger partial charge in [-0.3, -0.25) is 9.59 Å². The van der Waals surface area contributed by atoms with Crippen molar-refractivity contribution in [2.45, 2.75) is 43.8 Å². The summed E-state index contributed by atoms with van der Waals surface area (Å²) in [5.74, 6) is 0.0398. The van der Waals surface area contributed by atoms with Gasteiger partial charge < -0.3 is 15.0 Å². The molecule has 1 aliphatic rings. The van der Waals surface area contributed by atoms with Crippen LogP contribution in [0.4, 0.5) is 11.4 Å². The third kappa shape index (κ3) is 4.33. The van der Waals surface area contributed by atoms with Crippen molar-refractivity contribution in [1.29, 1.82) is 0 Å². The van der Waals surface area contributed by atoms with Crippen LogP contribution >= 0.6 is 0 Å². The summed E-state index contributed by atoms with van der Waals surface area (Å²) >= 11 is 0. The maximum absolute atomic E-state index is 13.0. The molecule has 0 saturated carbocycles. The van der Waals surface area contributed by atoms with Crippen LogP contribution in [-0.4, -0.2) is 39.1 Å². The van der Waals surface area contributed by atoms with E-state index in [2.05, 4.69) is 5.32 Å². The monoisotopic (exact) mass is 430 g/mol. The van der Waals surface area contributed by atoms with E-state index >= 15 is 0 Å². The van der Waals surface area contributed by atoms with Gasteiger partial charge in [-0.25, -0.2) is 8.42 Å². The molecular formula is C22H26N2O5S. The smallest absolute Gasteiger partial charge is 0.225 e. The maximum atomic E-state index is 13.0. The van der Waals surface area contributed by atoms with Gasteiger partial charge in [0.05, 0.1) is 22.9 Å². The first-order valence-corrected chi connectivity index (χ1v) is 11.3. The Morgan fingerprint density at radius 1 is 1.20 bits per heavy atom. The summed E-state index contributed by atoms with van der Waals surface area (Å²) in [6, 6.07) is 10.2. The molecule has 0 fully saturated rings. The number of methoxy groups -OCH3 is 1. The van der Waals surface area contributed by atoms with Crippen LogP contribution in [0, 0.1) is 6.92 Å². The first-order valence-electron chi connectivity index (χ1n) is 9.73. The lowest BCUT2D eigenvalue weighted by molar-refractivity contribution is -0.117. The second-order valence-electron chi connectivity index (χ2n) is 7.52. The van der Waals surface area contributed by atoms with Gasteiger partial charge in [0.25, 0.3) is 0 Å². The van der Waals surface area contributed by atoms with Gasteiger partial charge in [0.1, 0.15) is 5.75 Å². The zero-order valence-electron chi connectivity index (χ0n) is 17.6. The Morgan fingerprint density at radius 3 is 2.60 bits per heavy atom. The van der Waals surface area contributed by atoms with Crippen molar-refractivity contribution >= 4 is 33.0 Å². The van der Waals surface area contributed by atoms with E-state index in [0.717, 1.165) is 16.8 Å². The highest BCUT2D eigenvalue weighted by atomic mass is 32.2. The first kappa shape index (κ1) is 21.8. The minimum absolute atomic E-state index is 0.0685. The molecule has 1 atom stereocenters. The lowest BCUT2D eigenvalue weighted by Gasteiger charge is -2.17. The number of rotatable bonds is 6. The van der Waals surface area contributed by atoms with Crippen LogP contribution in [0.25, 0.3) is 0 Å². The van der Waals surface area contributed by atoms with Gasteiger partial charge >= 0.3 is 0 Å². The number of nitrogens with one attached hydrogen (secondary N) is 1. The van der Waals surface area contributed by atoms with E-state index < -0.39 is 21.0 Å². The molecule has 160 valence electrons. The summed E-state index contributed by atoms with van der Waals surface area (Å²) in [4.78, 5) is 26.0. The average molecular weight is 431 g/mol. The molecule has 0 aromatic heterocycles. The molecule has 0 bridgehead atoms. The van der Waals surface area contributed by atoms with Crippen molar-refractivity contribution < 1.29 is 22.7 Å². The Balaban J connectivity index is 1.75. The average Bonchev–Trinajstić information content (AvgIpc) is 3.11. The molecule has 1 aliphatic heterocycles. The second kappa shape index (κ2) is 8.47. The molecule has 0 radical (unpaired) electrons. The van der Waals surface area contributed by atoms with Gasteiger partial charge in [0, 0.05) is 25.6 Å². The summed E-state index contributed by atoms with van der Waals surface area (Å²) in [5, 5.41) is 1.84. The summed E-state index contributed by atoms with van der Waals surface area (Å²) in [5.41, 5.74) is 3.03. The van der Waals surface area contributed by atoms with Crippen LogP contribution in [0.15, 0.2) is 41.3 Å². The molecule has 0 aliphatic carbocycles. The second-order valence-corrected chi connectivity index (χ2v) is 9.89. The molecular weight excluding hydrogens is 404 g/mol. The van der Waals surface area contributed by atoms with E-state index in [-0.39, 0.29) is 17.2 Å². The molecule has 2 aromatic rings. The fourth-order valence-electron chi connectivity index (χ4n) is 3.61. The predicted octanol–water partition coefficient (Wildman–Crippen LogP) is 3.10. The van der Waals surface area contributed by atoms with Gasteiger partial charge in [-0.2, -0.15) is 0 Å². The zero-order valence-corrected chi connectivity index (χ0v) is 18.4. The van der Waals surface area contributed by atoms with Crippen molar-refractivity contribution in [2.24, 2.45) is 0 Å². The number of anilines is 2. The molecule has 1 heterocycles. The van der Waals surface area contributed by atoms with Gasteiger partial charge in [0.2, 0.25) is 11.8 Å². The van der Waals surface area contributed by atoms with Crippen LogP contribution in [0.3, 0.4) is 0 Å². The molecule has 0 saturated heterocycles. The number of carbonyl (C=O) groups is 2. The number of carbonyl (C=O) groups excluding carboxylic acids is 2. The number of ether oxygens (including phenoxy) is 1. The quantitative estimate of drug-likeness (QED) is 0.760. The Bertz CT molecular complexity index is 1090. The highest BCUT2D eigenvalue weighted by Crippen LogP contribution is 2.32. The zero-order chi connectivity index (χ0) is 22.1. The van der Waals surface area contributed by atoms with Gasteiger partial charge in [0.15, 0.2) is 9.84 Å². The van der Waals surface area contributed by atoms with E-state index in [1.807, 2.05) is 13.0 Å². The topological polar surface area (TPSA) is 92.8 Å². The van der Waals surface area contributed by atoms with Gasteiger partial charge in [-0.1, -0.05) is 6.07 Å². The summed E-state index contributed by atoms with van der Waals surface area (Å²) < 4.78 is 31.3. The van der Waals surface area contributed by atoms with Crippen LogP contribution < -0.4 is 15.0 Å². The SMILES string of the molecule is COc1ccc(C)cc1NC(=O)C[C@H](C)S(=O)(=O)c1ccc2c(c1)CCN2C(C)=O. The molecule has 30 heavy (non-hydrogen) atoms. The highest BCUT2D eigenvalue weighted by Gasteiger charge is 2.29. The summed E-state index contributed by atoms with van der Waals surface area (Å²) in [6.45, 7) is 5.45. The molecule has 2 amide bonds. The lowest BCUT2D eigenvalue weighted by atomic mass is 10.2. The first-order chi connectivity index (χ1) is 14.1. The standard InChI is InChI=1S/C22H26N2O5S/c1-14-5-8-21(29-4)19(11-14)23-22(26)12-15(2)30(27,28)18-6-7-20-17(13-18)9-10-24(20)16(3)25/h5-8,11,13,15H,9-10,12H2,1-4H3,(H,23,26)/t15-/m0/s1. The Kier molecular flexibility index (Phi) is 6.17. The molecule has 8 heteroatoms. The summed E-state index contributed by atoms with van der Waals surface area (Å²) in [6.07, 6.45) is 0.427. The third-order valence-electron chi connectivity index (χ3n) is 5.29. The molecule has 1 N–H and O–H groups in total. The molecule has 0 spiro atoms. The van der Waals surface area contributed by atoms with Crippen LogP contribution in [0.2, 0.25) is 0 Å². The van der Waals surface area contributed by atoms with Crippen LogP contribution in [0.5, 0.6) is 5.75 Å². The van der Waals surface area contributed by atoms with Gasteiger partial charge in [-0.05, 0) is 61.7 Å². The van der Waals surface area contributed by atoms with Crippen molar-refractivity contribution in [3.8, 4) is 5.75 Å². The number of amides is 2. The van der Waals surface area contributed by atoms with Crippen molar-refractivity contribution in [2.75, 3.05) is 23.9 Å². The van der Waals surface area contributed by atoms with E-state index in [1.165, 1.54) is 27.0 Å². The Morgan fingerprint density at radius 2 is 1.93 bits per heavy atom. The van der Waals surface area contributed by atoms with Crippen molar-refractivity contribution in [3.05, 3.63) is 47.5 Å². The highest BCUT2D eigenvalue weighted by molar-refractivity contribution is 7.92. The number of hydrogen-bond donors (Lipinski definition) is 1. The fourth-order valence-corrected chi connectivity index (χ4v) is 5.01. The van der Waals surface area contributed by atoms with E-state index in [0.29, 0.717) is 24.4 Å². The third-order valence-corrected chi connectivity index (χ3v) is 7.42. The number of hydrogen-bond acceptors (Lipinski definition) is 5. The predicted molar refractivity (Wildman–Crippen MR) is 116 cm³/mol. The molecule has 0 unspecified atom stereocenters. The van der Waals surface area contributed by atoms with Crippen LogP contribution in [-0.2, 0) is 25.8 Å². The maximum Gasteiger partial charge on any atom is 0.225 e. The fraction of sp³-hybridized carbons (Fsp3) is 0.364. The largest absolute Gasteiger partial charge is 0.495 e. The number of nitrogens with zero attached hydrogens (tertiary/aromatic N) is 1. The number of fused-ring (bicyclic) bond motifs is 1. The lowest BCUT2D eigenvalue weighted by Crippen LogP contribution is -2.26. The summed E-state index contributed by atoms with van der Waals surface area (Å²) in [7, 11) is -2.20. The van der Waals surface area contributed by atoms with Gasteiger partial charge in [-0.15, -0.1) is 0 Å². The van der Waals surface area contributed by atoms with E-state index in [1.54, 1.807) is 29.2 Å². The normalized spacial score (nSPS) is 14.2. The number of aryl methyl sites for hydroxylation is 1. The molecule has 2 aromatic carbocycles. The number of benzene rings is 2. The van der Waals surface area contributed by atoms with Crippen molar-refractivity contribution in [3.63, 3.8) is 0 Å². The Hall–Kier alpha value is -2.87. The Labute approximate surface area is 177 Å². The molecule has 3 rings (SSSR count). The minimum Gasteiger partial charge on any atom is -0.495 e. The van der Waals surface area contributed by atoms with Crippen molar-refractivity contribution in [1.82, 2.24) is 0 Å². The van der Waals surface area contributed by atoms with E-state index in [4.69, 9.17) is 4.74 Å². The van der Waals surface area contributed by atoms with E-state index in [9.17, 15) is 18.0 Å². The molecule has 7 nitrogen and oxygen atoms in total. The van der Waals surface area contributed by atoms with Crippen LogP contribution in [0.1, 0.15) is 31.4 Å². The number of sulfone groups is 1. The minimum atomic E-state index is -3.71.